The largest absolute Gasteiger partial charge is 0.508 e. The summed E-state index contributed by atoms with van der Waals surface area (Å²) in [6.07, 6.45) is 4.62. The smallest absolute Gasteiger partial charge is 0.122 e. The molecule has 4 rings (SSSR count). The molecule has 2 atom stereocenters. The standard InChI is InChI=1S/C29H32O4/c30-26(24-16-20-10-6-8-12-22(20)18-28(24)32)14-4-2-1-3-5-15-27(31)25-17-21-11-7-9-13-23(21)19-29(25)33/h6-13,16-19,26-27,30-33H,1-5,14-15H2. The number of unbranched alkanes of at least 4 members (excludes halogenated alkanes) is 4. The Kier molecular flexibility index (Phi) is 7.48. The quantitative estimate of drug-likeness (QED) is 0.201. The Balaban J connectivity index is 1.19. The molecular weight excluding hydrogens is 412 g/mol. The lowest BCUT2D eigenvalue weighted by atomic mass is 9.97. The van der Waals surface area contributed by atoms with Crippen LogP contribution in [0.15, 0.2) is 72.8 Å². The molecule has 0 spiro atoms. The Hall–Kier alpha value is -3.08. The second-order valence-electron chi connectivity index (χ2n) is 8.89. The number of phenols is 2. The Morgan fingerprint density at radius 2 is 0.818 bits per heavy atom. The zero-order valence-electron chi connectivity index (χ0n) is 18.8. The average molecular weight is 445 g/mol. The summed E-state index contributed by atoms with van der Waals surface area (Å²) in [5, 5.41) is 45.6. The van der Waals surface area contributed by atoms with Crippen LogP contribution in [0.3, 0.4) is 0 Å². The summed E-state index contributed by atoms with van der Waals surface area (Å²) in [6.45, 7) is 0. The summed E-state index contributed by atoms with van der Waals surface area (Å²) in [5.74, 6) is 0.291. The van der Waals surface area contributed by atoms with E-state index < -0.39 is 12.2 Å². The zero-order valence-corrected chi connectivity index (χ0v) is 18.8. The first kappa shape index (κ1) is 23.1. The normalized spacial score (nSPS) is 13.4. The van der Waals surface area contributed by atoms with E-state index in [4.69, 9.17) is 0 Å². The number of aromatic hydroxyl groups is 2. The lowest BCUT2D eigenvalue weighted by Crippen LogP contribution is -1.99. The monoisotopic (exact) mass is 444 g/mol. The first-order chi connectivity index (χ1) is 16.0. The minimum atomic E-state index is -0.674. The maximum absolute atomic E-state index is 10.5. The van der Waals surface area contributed by atoms with Crippen LogP contribution in [0.5, 0.6) is 11.5 Å². The summed E-state index contributed by atoms with van der Waals surface area (Å²) >= 11 is 0. The molecule has 4 heteroatoms. The number of aliphatic hydroxyl groups excluding tert-OH is 2. The number of rotatable bonds is 10. The maximum Gasteiger partial charge on any atom is 0.122 e. The second-order valence-corrected chi connectivity index (χ2v) is 8.89. The highest BCUT2D eigenvalue weighted by Crippen LogP contribution is 2.33. The predicted octanol–water partition coefficient (Wildman–Crippen LogP) is 6.90. The van der Waals surface area contributed by atoms with Crippen molar-refractivity contribution in [2.75, 3.05) is 0 Å². The minimum absolute atomic E-state index is 0.145. The highest BCUT2D eigenvalue weighted by atomic mass is 16.3. The molecule has 2 unspecified atom stereocenters. The summed E-state index contributed by atoms with van der Waals surface area (Å²) in [4.78, 5) is 0. The van der Waals surface area contributed by atoms with E-state index in [1.807, 2.05) is 60.7 Å². The van der Waals surface area contributed by atoms with Gasteiger partial charge in [-0.3, -0.25) is 0 Å². The van der Waals surface area contributed by atoms with Crippen molar-refractivity contribution >= 4 is 21.5 Å². The van der Waals surface area contributed by atoms with Gasteiger partial charge in [-0.05, 0) is 58.7 Å². The van der Waals surface area contributed by atoms with Crippen LogP contribution in [0.4, 0.5) is 0 Å². The van der Waals surface area contributed by atoms with Gasteiger partial charge in [0.1, 0.15) is 11.5 Å². The molecule has 4 aromatic carbocycles. The van der Waals surface area contributed by atoms with Crippen molar-refractivity contribution in [2.45, 2.75) is 57.2 Å². The van der Waals surface area contributed by atoms with Crippen LogP contribution < -0.4 is 0 Å². The van der Waals surface area contributed by atoms with Gasteiger partial charge in [-0.2, -0.15) is 0 Å². The van der Waals surface area contributed by atoms with E-state index in [0.717, 1.165) is 53.6 Å². The maximum atomic E-state index is 10.5. The minimum Gasteiger partial charge on any atom is -0.508 e. The van der Waals surface area contributed by atoms with E-state index in [2.05, 4.69) is 0 Å². The SMILES string of the molecule is Oc1cc2ccccc2cc1C(O)CCCCCCCC(O)c1cc2ccccc2cc1O. The second kappa shape index (κ2) is 10.7. The summed E-state index contributed by atoms with van der Waals surface area (Å²) in [7, 11) is 0. The van der Waals surface area contributed by atoms with E-state index in [1.54, 1.807) is 12.1 Å². The molecule has 4 nitrogen and oxygen atoms in total. The third-order valence-corrected chi connectivity index (χ3v) is 6.46. The average Bonchev–Trinajstić information content (AvgIpc) is 2.82. The molecular formula is C29H32O4. The van der Waals surface area contributed by atoms with Crippen molar-refractivity contribution in [3.05, 3.63) is 83.9 Å². The lowest BCUT2D eigenvalue weighted by Gasteiger charge is -2.15. The molecule has 0 heterocycles. The molecule has 0 fully saturated rings. The summed E-state index contributed by atoms with van der Waals surface area (Å²) < 4.78 is 0. The fraction of sp³-hybridized carbons (Fsp3) is 0.310. The van der Waals surface area contributed by atoms with Gasteiger partial charge in [0.15, 0.2) is 0 Å². The van der Waals surface area contributed by atoms with E-state index in [-0.39, 0.29) is 11.5 Å². The number of phenolic OH excluding ortho intramolecular Hbond substituents is 2. The molecule has 4 N–H and O–H groups in total. The molecule has 4 aromatic rings. The van der Waals surface area contributed by atoms with E-state index in [0.29, 0.717) is 24.0 Å². The molecule has 33 heavy (non-hydrogen) atoms. The number of aliphatic hydroxyl groups is 2. The van der Waals surface area contributed by atoms with Crippen molar-refractivity contribution in [1.82, 2.24) is 0 Å². The van der Waals surface area contributed by atoms with Gasteiger partial charge < -0.3 is 20.4 Å². The number of hydrogen-bond acceptors (Lipinski definition) is 4. The van der Waals surface area contributed by atoms with E-state index in [1.165, 1.54) is 0 Å². The number of benzene rings is 4. The molecule has 172 valence electrons. The van der Waals surface area contributed by atoms with Crippen LogP contribution in [-0.2, 0) is 0 Å². The topological polar surface area (TPSA) is 80.9 Å². The van der Waals surface area contributed by atoms with Gasteiger partial charge in [-0.1, -0.05) is 80.6 Å². The molecule has 0 aliphatic heterocycles. The molecule has 0 aromatic heterocycles. The van der Waals surface area contributed by atoms with E-state index in [9.17, 15) is 20.4 Å². The van der Waals surface area contributed by atoms with Crippen molar-refractivity contribution in [3.63, 3.8) is 0 Å². The zero-order chi connectivity index (χ0) is 23.2. The van der Waals surface area contributed by atoms with Gasteiger partial charge in [0.05, 0.1) is 12.2 Å². The Labute approximate surface area is 194 Å². The first-order valence-corrected chi connectivity index (χ1v) is 11.8. The molecule has 0 radical (unpaired) electrons. The highest BCUT2D eigenvalue weighted by Gasteiger charge is 2.15. The fourth-order valence-electron chi connectivity index (χ4n) is 4.54. The molecule has 0 bridgehead atoms. The number of fused-ring (bicyclic) bond motifs is 2. The Morgan fingerprint density at radius 1 is 0.485 bits per heavy atom. The third kappa shape index (κ3) is 5.65. The van der Waals surface area contributed by atoms with Gasteiger partial charge in [0.25, 0.3) is 0 Å². The fourth-order valence-corrected chi connectivity index (χ4v) is 4.54. The highest BCUT2D eigenvalue weighted by molar-refractivity contribution is 5.85. The van der Waals surface area contributed by atoms with Gasteiger partial charge in [-0.15, -0.1) is 0 Å². The van der Waals surface area contributed by atoms with Crippen molar-refractivity contribution < 1.29 is 20.4 Å². The molecule has 0 saturated heterocycles. The third-order valence-electron chi connectivity index (χ3n) is 6.46. The van der Waals surface area contributed by atoms with Gasteiger partial charge in [0.2, 0.25) is 0 Å². The number of hydrogen-bond donors (Lipinski definition) is 4. The first-order valence-electron chi connectivity index (χ1n) is 11.8. The molecule has 0 amide bonds. The van der Waals surface area contributed by atoms with Crippen molar-refractivity contribution in [3.8, 4) is 11.5 Å². The molecule has 0 aliphatic rings. The van der Waals surface area contributed by atoms with Crippen LogP contribution in [-0.4, -0.2) is 20.4 Å². The van der Waals surface area contributed by atoms with Crippen molar-refractivity contribution in [2.24, 2.45) is 0 Å². The van der Waals surface area contributed by atoms with Crippen LogP contribution >= 0.6 is 0 Å². The van der Waals surface area contributed by atoms with Gasteiger partial charge in [-0.25, -0.2) is 0 Å². The van der Waals surface area contributed by atoms with E-state index >= 15 is 0 Å². The van der Waals surface area contributed by atoms with Crippen LogP contribution in [0.1, 0.15) is 68.3 Å². The Bertz CT molecular complexity index is 1120. The van der Waals surface area contributed by atoms with Crippen LogP contribution in [0.25, 0.3) is 21.5 Å². The molecule has 0 saturated carbocycles. The lowest BCUT2D eigenvalue weighted by molar-refractivity contribution is 0.157. The predicted molar refractivity (Wildman–Crippen MR) is 133 cm³/mol. The van der Waals surface area contributed by atoms with Crippen molar-refractivity contribution in [1.29, 1.82) is 0 Å². The van der Waals surface area contributed by atoms with Gasteiger partial charge in [0, 0.05) is 11.1 Å². The summed E-state index contributed by atoms with van der Waals surface area (Å²) in [5.41, 5.74) is 1.18. The van der Waals surface area contributed by atoms with Crippen LogP contribution in [0, 0.1) is 0 Å². The summed E-state index contributed by atoms with van der Waals surface area (Å²) in [6, 6.07) is 22.8. The van der Waals surface area contributed by atoms with Crippen LogP contribution in [0.2, 0.25) is 0 Å². The van der Waals surface area contributed by atoms with Gasteiger partial charge >= 0.3 is 0 Å². The Morgan fingerprint density at radius 3 is 1.21 bits per heavy atom. The molecule has 0 aliphatic carbocycles.